The van der Waals surface area contributed by atoms with Crippen LogP contribution in [-0.2, 0) is 6.54 Å². The number of carbonyl (C=O) groups is 1. The van der Waals surface area contributed by atoms with E-state index in [-0.39, 0.29) is 36.3 Å². The molecule has 1 N–H and O–H groups in total. The number of hydrogen-bond donors (Lipinski definition) is 1. The highest BCUT2D eigenvalue weighted by molar-refractivity contribution is 6.07. The van der Waals surface area contributed by atoms with Crippen molar-refractivity contribution in [1.82, 2.24) is 4.90 Å². The van der Waals surface area contributed by atoms with Gasteiger partial charge in [-0.25, -0.2) is 4.39 Å². The minimum atomic E-state index is -0.244. The molecule has 4 nitrogen and oxygen atoms in total. The fourth-order valence-corrected chi connectivity index (χ4v) is 4.95. The number of nitrogens with zero attached hydrogens (tertiary/aromatic N) is 2. The molecule has 2 heterocycles. The van der Waals surface area contributed by atoms with Crippen LogP contribution >= 0.6 is 0 Å². The number of carbonyl (C=O) groups excluding carboxylic acids is 1. The van der Waals surface area contributed by atoms with Crippen LogP contribution in [0, 0.1) is 5.82 Å². The molecule has 2 aliphatic heterocycles. The lowest BCUT2D eigenvalue weighted by Crippen LogP contribution is -2.68. The molecule has 1 fully saturated rings. The Morgan fingerprint density at radius 2 is 1.67 bits per heavy atom. The minimum Gasteiger partial charge on any atom is -0.395 e. The van der Waals surface area contributed by atoms with Crippen molar-refractivity contribution in [2.24, 2.45) is 0 Å². The van der Waals surface area contributed by atoms with Crippen molar-refractivity contribution in [3.05, 3.63) is 101 Å². The van der Waals surface area contributed by atoms with Crippen LogP contribution in [0.1, 0.15) is 27.4 Å². The van der Waals surface area contributed by atoms with Crippen molar-refractivity contribution < 1.29 is 14.3 Å². The quantitative estimate of drug-likeness (QED) is 0.722. The number of likely N-dealkylation sites (tertiary alicyclic amines) is 1. The fourth-order valence-electron chi connectivity index (χ4n) is 4.95. The molecule has 1 amide bonds. The highest BCUT2D eigenvalue weighted by atomic mass is 19.1. The molecular weight excluding hydrogens is 379 g/mol. The topological polar surface area (TPSA) is 43.8 Å². The first-order valence-corrected chi connectivity index (χ1v) is 10.2. The monoisotopic (exact) mass is 402 g/mol. The Hall–Kier alpha value is -3.02. The molecule has 0 radical (unpaired) electrons. The molecule has 0 aliphatic carbocycles. The Morgan fingerprint density at radius 1 is 0.967 bits per heavy atom. The van der Waals surface area contributed by atoms with E-state index in [0.717, 1.165) is 11.3 Å². The molecule has 1 saturated heterocycles. The van der Waals surface area contributed by atoms with Gasteiger partial charge >= 0.3 is 0 Å². The van der Waals surface area contributed by atoms with Gasteiger partial charge in [0.25, 0.3) is 5.91 Å². The zero-order valence-corrected chi connectivity index (χ0v) is 16.5. The largest absolute Gasteiger partial charge is 0.395 e. The Bertz CT molecular complexity index is 1070. The number of para-hydroxylation sites is 1. The van der Waals surface area contributed by atoms with Crippen molar-refractivity contribution in [3.8, 4) is 0 Å². The van der Waals surface area contributed by atoms with Crippen molar-refractivity contribution in [1.29, 1.82) is 0 Å². The molecule has 5 heteroatoms. The maximum atomic E-state index is 14.3. The summed E-state index contributed by atoms with van der Waals surface area (Å²) in [6.07, 6.45) is 0. The molecule has 0 unspecified atom stereocenters. The molecule has 0 aromatic heterocycles. The van der Waals surface area contributed by atoms with Gasteiger partial charge in [0.15, 0.2) is 0 Å². The van der Waals surface area contributed by atoms with E-state index in [0.29, 0.717) is 24.2 Å². The van der Waals surface area contributed by atoms with Gasteiger partial charge in [0.1, 0.15) is 5.82 Å². The van der Waals surface area contributed by atoms with Gasteiger partial charge in [0, 0.05) is 47.9 Å². The first kappa shape index (κ1) is 19.0. The standard InChI is InChI=1S/C25H23FN2O2/c26-20-12-6-4-10-18(20)14-27-22-15-28(25(30)17-8-2-1-3-9-17)21-13-7-5-11-19(21)24(22)23(27)16-29/h1-13,22-24,29H,14-16H2/t22-,23-,24+/m0/s1. The van der Waals surface area contributed by atoms with E-state index >= 15 is 0 Å². The number of halogens is 1. The molecule has 3 aromatic carbocycles. The molecule has 152 valence electrons. The lowest BCUT2D eigenvalue weighted by Gasteiger charge is -2.59. The third-order valence-corrected chi connectivity index (χ3v) is 6.40. The van der Waals surface area contributed by atoms with E-state index in [1.54, 1.807) is 12.1 Å². The van der Waals surface area contributed by atoms with Crippen LogP contribution in [0.25, 0.3) is 0 Å². The normalized spacial score (nSPS) is 22.7. The number of aliphatic hydroxyl groups excluding tert-OH is 1. The van der Waals surface area contributed by atoms with Gasteiger partial charge in [-0.15, -0.1) is 0 Å². The molecule has 0 bridgehead atoms. The van der Waals surface area contributed by atoms with Crippen LogP contribution in [0.3, 0.4) is 0 Å². The number of fused-ring (bicyclic) bond motifs is 3. The van der Waals surface area contributed by atoms with Gasteiger partial charge in [-0.2, -0.15) is 0 Å². The number of rotatable bonds is 4. The molecule has 0 saturated carbocycles. The summed E-state index contributed by atoms with van der Waals surface area (Å²) in [6.45, 7) is 0.922. The average molecular weight is 402 g/mol. The summed E-state index contributed by atoms with van der Waals surface area (Å²) in [7, 11) is 0. The molecule has 3 aromatic rings. The SMILES string of the molecule is O=C(c1ccccc1)N1C[C@H]2[C@@H](c3ccccc31)[C@H](CO)N2Cc1ccccc1F. The second-order valence-electron chi connectivity index (χ2n) is 7.95. The zero-order chi connectivity index (χ0) is 20.7. The molecule has 2 aliphatic rings. The van der Waals surface area contributed by atoms with Crippen molar-refractivity contribution in [2.45, 2.75) is 24.5 Å². The average Bonchev–Trinajstić information content (AvgIpc) is 2.78. The second kappa shape index (κ2) is 7.67. The summed E-state index contributed by atoms with van der Waals surface area (Å²) in [5, 5.41) is 10.1. The molecule has 3 atom stereocenters. The van der Waals surface area contributed by atoms with Gasteiger partial charge in [-0.3, -0.25) is 9.69 Å². The lowest BCUT2D eigenvalue weighted by molar-refractivity contribution is -0.0494. The molecule has 0 spiro atoms. The third-order valence-electron chi connectivity index (χ3n) is 6.40. The Kier molecular flexibility index (Phi) is 4.85. The maximum absolute atomic E-state index is 14.3. The van der Waals surface area contributed by atoms with Crippen molar-refractivity contribution in [2.75, 3.05) is 18.1 Å². The van der Waals surface area contributed by atoms with Gasteiger partial charge in [-0.05, 0) is 29.8 Å². The van der Waals surface area contributed by atoms with E-state index in [1.165, 1.54) is 6.07 Å². The summed E-state index contributed by atoms with van der Waals surface area (Å²) in [4.78, 5) is 17.3. The second-order valence-corrected chi connectivity index (χ2v) is 7.95. The van der Waals surface area contributed by atoms with Gasteiger partial charge in [0.05, 0.1) is 6.61 Å². The third kappa shape index (κ3) is 3.02. The highest BCUT2D eigenvalue weighted by Crippen LogP contribution is 2.49. The fraction of sp³-hybridized carbons (Fsp3) is 0.240. The van der Waals surface area contributed by atoms with Crippen LogP contribution in [0.5, 0.6) is 0 Å². The van der Waals surface area contributed by atoms with E-state index in [4.69, 9.17) is 0 Å². The molecule has 5 rings (SSSR count). The Morgan fingerprint density at radius 3 is 2.43 bits per heavy atom. The Balaban J connectivity index is 1.50. The van der Waals surface area contributed by atoms with E-state index < -0.39 is 0 Å². The maximum Gasteiger partial charge on any atom is 0.258 e. The Labute approximate surface area is 175 Å². The summed E-state index contributed by atoms with van der Waals surface area (Å²) in [5.41, 5.74) is 3.22. The van der Waals surface area contributed by atoms with Crippen LogP contribution in [0.4, 0.5) is 10.1 Å². The number of hydrogen-bond acceptors (Lipinski definition) is 3. The van der Waals surface area contributed by atoms with Gasteiger partial charge in [-0.1, -0.05) is 54.6 Å². The number of aliphatic hydroxyl groups is 1. The van der Waals surface area contributed by atoms with E-state index in [1.807, 2.05) is 65.6 Å². The zero-order valence-electron chi connectivity index (χ0n) is 16.5. The summed E-state index contributed by atoms with van der Waals surface area (Å²) < 4.78 is 14.3. The first-order valence-electron chi connectivity index (χ1n) is 10.2. The highest BCUT2D eigenvalue weighted by Gasteiger charge is 2.53. The van der Waals surface area contributed by atoms with Crippen molar-refractivity contribution >= 4 is 11.6 Å². The van der Waals surface area contributed by atoms with Crippen LogP contribution in [0.2, 0.25) is 0 Å². The minimum absolute atomic E-state index is 0.00339. The number of anilines is 1. The smallest absolute Gasteiger partial charge is 0.258 e. The van der Waals surface area contributed by atoms with E-state index in [2.05, 4.69) is 4.90 Å². The van der Waals surface area contributed by atoms with Crippen LogP contribution in [-0.4, -0.2) is 41.1 Å². The van der Waals surface area contributed by atoms with Gasteiger partial charge in [0.2, 0.25) is 0 Å². The predicted octanol–water partition coefficient (Wildman–Crippen LogP) is 3.82. The predicted molar refractivity (Wildman–Crippen MR) is 114 cm³/mol. The molecular formula is C25H23FN2O2. The van der Waals surface area contributed by atoms with Crippen LogP contribution in [0.15, 0.2) is 78.9 Å². The summed E-state index contributed by atoms with van der Waals surface area (Å²) >= 11 is 0. The molecule has 30 heavy (non-hydrogen) atoms. The summed E-state index contributed by atoms with van der Waals surface area (Å²) in [5.74, 6) is -0.163. The van der Waals surface area contributed by atoms with Crippen LogP contribution < -0.4 is 4.90 Å². The number of benzene rings is 3. The summed E-state index contributed by atoms with van der Waals surface area (Å²) in [6, 6.07) is 23.9. The number of amides is 1. The lowest BCUT2D eigenvalue weighted by atomic mass is 9.71. The van der Waals surface area contributed by atoms with E-state index in [9.17, 15) is 14.3 Å². The first-order chi connectivity index (χ1) is 14.7. The van der Waals surface area contributed by atoms with Crippen molar-refractivity contribution in [3.63, 3.8) is 0 Å². The van der Waals surface area contributed by atoms with Gasteiger partial charge < -0.3 is 10.0 Å².